The molecule has 7 heteroatoms. The molecule has 0 saturated carbocycles. The second kappa shape index (κ2) is 6.93. The molecule has 1 aliphatic rings. The van der Waals surface area contributed by atoms with Gasteiger partial charge in [0.15, 0.2) is 5.16 Å². The van der Waals surface area contributed by atoms with E-state index in [1.54, 1.807) is 0 Å². The Morgan fingerprint density at radius 2 is 2.21 bits per heavy atom. The lowest BCUT2D eigenvalue weighted by atomic mass is 10.0. The Morgan fingerprint density at radius 3 is 2.89 bits per heavy atom. The minimum Gasteiger partial charge on any atom is -0.368 e. The molecular formula is C12H22N6S. The van der Waals surface area contributed by atoms with Crippen molar-refractivity contribution < 1.29 is 0 Å². The highest BCUT2D eigenvalue weighted by Gasteiger charge is 2.18. The van der Waals surface area contributed by atoms with E-state index in [9.17, 15) is 0 Å². The van der Waals surface area contributed by atoms with Gasteiger partial charge in [0.1, 0.15) is 11.6 Å². The fourth-order valence-electron chi connectivity index (χ4n) is 2.31. The second-order valence-electron chi connectivity index (χ2n) is 4.78. The standard InChI is InChI=1S/C12H22N6S/c1-18-6-4-3-5-9(18)8-14-10-7-11(17-13)16-12(15-10)19-2/h7,9H,3-6,8,13H2,1-2H3,(H2,14,15,16,17). The number of likely N-dealkylation sites (tertiary alicyclic amines) is 1. The van der Waals surface area contributed by atoms with Crippen molar-refractivity contribution in [3.05, 3.63) is 6.07 Å². The van der Waals surface area contributed by atoms with Gasteiger partial charge in [0.25, 0.3) is 0 Å². The van der Waals surface area contributed by atoms with Crippen LogP contribution in [-0.4, -0.2) is 47.3 Å². The summed E-state index contributed by atoms with van der Waals surface area (Å²) in [5, 5.41) is 4.11. The Kier molecular flexibility index (Phi) is 5.24. The van der Waals surface area contributed by atoms with Gasteiger partial charge in [0, 0.05) is 18.7 Å². The first-order valence-corrected chi connectivity index (χ1v) is 7.79. The number of nitrogens with one attached hydrogen (secondary N) is 2. The number of hydrogen-bond donors (Lipinski definition) is 3. The molecule has 1 aromatic rings. The molecule has 0 aromatic carbocycles. The number of rotatable bonds is 5. The van der Waals surface area contributed by atoms with Crippen molar-refractivity contribution in [1.82, 2.24) is 14.9 Å². The van der Waals surface area contributed by atoms with Crippen molar-refractivity contribution in [2.75, 3.05) is 37.1 Å². The average molecular weight is 282 g/mol. The molecule has 0 aliphatic carbocycles. The smallest absolute Gasteiger partial charge is 0.191 e. The maximum Gasteiger partial charge on any atom is 0.191 e. The lowest BCUT2D eigenvalue weighted by Crippen LogP contribution is -2.40. The quantitative estimate of drug-likeness (QED) is 0.326. The van der Waals surface area contributed by atoms with E-state index in [1.807, 2.05) is 12.3 Å². The number of hydrogen-bond acceptors (Lipinski definition) is 7. The third-order valence-corrected chi connectivity index (χ3v) is 4.02. The molecular weight excluding hydrogens is 260 g/mol. The molecule has 2 rings (SSSR count). The lowest BCUT2D eigenvalue weighted by Gasteiger charge is -2.32. The molecule has 1 aromatic heterocycles. The van der Waals surface area contributed by atoms with Crippen LogP contribution in [0, 0.1) is 0 Å². The first-order chi connectivity index (χ1) is 9.22. The van der Waals surface area contributed by atoms with Gasteiger partial charge in [-0.05, 0) is 32.7 Å². The number of aromatic nitrogens is 2. The minimum atomic E-state index is 0.579. The summed E-state index contributed by atoms with van der Waals surface area (Å²) in [4.78, 5) is 11.1. The number of piperidine rings is 1. The Morgan fingerprint density at radius 1 is 1.42 bits per heavy atom. The highest BCUT2D eigenvalue weighted by Crippen LogP contribution is 2.18. The number of anilines is 2. The third-order valence-electron chi connectivity index (χ3n) is 3.48. The molecule has 1 saturated heterocycles. The maximum absolute atomic E-state index is 5.42. The van der Waals surface area contributed by atoms with Gasteiger partial charge in [-0.15, -0.1) is 0 Å². The number of hydrazine groups is 1. The van der Waals surface area contributed by atoms with Crippen molar-refractivity contribution in [1.29, 1.82) is 0 Å². The SMILES string of the molecule is CSc1nc(NN)cc(NCC2CCCCN2C)n1. The van der Waals surface area contributed by atoms with E-state index in [2.05, 4.69) is 32.7 Å². The fraction of sp³-hybridized carbons (Fsp3) is 0.667. The summed E-state index contributed by atoms with van der Waals surface area (Å²) in [6, 6.07) is 2.42. The van der Waals surface area contributed by atoms with Crippen LogP contribution in [-0.2, 0) is 0 Å². The summed E-state index contributed by atoms with van der Waals surface area (Å²) in [6.45, 7) is 2.09. The van der Waals surface area contributed by atoms with Crippen LogP contribution in [0.15, 0.2) is 11.2 Å². The summed E-state index contributed by atoms with van der Waals surface area (Å²) in [6.07, 6.45) is 5.81. The second-order valence-corrected chi connectivity index (χ2v) is 5.55. The predicted molar refractivity (Wildman–Crippen MR) is 80.4 cm³/mol. The topological polar surface area (TPSA) is 79.1 Å². The van der Waals surface area contributed by atoms with Crippen molar-refractivity contribution >= 4 is 23.4 Å². The van der Waals surface area contributed by atoms with Gasteiger partial charge in [-0.25, -0.2) is 15.8 Å². The van der Waals surface area contributed by atoms with Crippen LogP contribution in [0.3, 0.4) is 0 Å². The Hall–Kier alpha value is -1.05. The van der Waals surface area contributed by atoms with E-state index in [0.29, 0.717) is 11.9 Å². The maximum atomic E-state index is 5.42. The van der Waals surface area contributed by atoms with Crippen LogP contribution in [0.5, 0.6) is 0 Å². The van der Waals surface area contributed by atoms with Gasteiger partial charge in [0.05, 0.1) is 0 Å². The van der Waals surface area contributed by atoms with E-state index in [0.717, 1.165) is 17.5 Å². The van der Waals surface area contributed by atoms with Gasteiger partial charge in [0.2, 0.25) is 0 Å². The molecule has 106 valence electrons. The summed E-state index contributed by atoms with van der Waals surface area (Å²) in [5.74, 6) is 6.88. The zero-order valence-corrected chi connectivity index (χ0v) is 12.3. The van der Waals surface area contributed by atoms with Crippen molar-refractivity contribution in [2.24, 2.45) is 5.84 Å². The molecule has 1 aliphatic heterocycles. The van der Waals surface area contributed by atoms with Crippen LogP contribution in [0.1, 0.15) is 19.3 Å². The van der Waals surface area contributed by atoms with Gasteiger partial charge < -0.3 is 15.6 Å². The molecule has 1 fully saturated rings. The summed E-state index contributed by atoms with van der Waals surface area (Å²) < 4.78 is 0. The van der Waals surface area contributed by atoms with E-state index in [4.69, 9.17) is 5.84 Å². The zero-order chi connectivity index (χ0) is 13.7. The van der Waals surface area contributed by atoms with Crippen molar-refractivity contribution in [3.8, 4) is 0 Å². The molecule has 1 unspecified atom stereocenters. The summed E-state index contributed by atoms with van der Waals surface area (Å²) >= 11 is 1.51. The predicted octanol–water partition coefficient (Wildman–Crippen LogP) is 1.38. The molecule has 2 heterocycles. The number of nitrogen functional groups attached to an aromatic ring is 1. The van der Waals surface area contributed by atoms with Crippen molar-refractivity contribution in [3.63, 3.8) is 0 Å². The molecule has 19 heavy (non-hydrogen) atoms. The van der Waals surface area contributed by atoms with Gasteiger partial charge >= 0.3 is 0 Å². The first kappa shape index (κ1) is 14.4. The van der Waals surface area contributed by atoms with E-state index in [1.165, 1.54) is 37.6 Å². The molecule has 0 bridgehead atoms. The number of likely N-dealkylation sites (N-methyl/N-ethyl adjacent to an activating group) is 1. The Labute approximate surface area is 118 Å². The first-order valence-electron chi connectivity index (χ1n) is 6.56. The van der Waals surface area contributed by atoms with E-state index < -0.39 is 0 Å². The number of thioether (sulfide) groups is 1. The molecule has 6 nitrogen and oxygen atoms in total. The minimum absolute atomic E-state index is 0.579. The van der Waals surface area contributed by atoms with Gasteiger partial charge in [-0.2, -0.15) is 0 Å². The van der Waals surface area contributed by atoms with E-state index in [-0.39, 0.29) is 0 Å². The molecule has 0 amide bonds. The lowest BCUT2D eigenvalue weighted by molar-refractivity contribution is 0.194. The summed E-state index contributed by atoms with van der Waals surface area (Å²) in [5.41, 5.74) is 2.57. The van der Waals surface area contributed by atoms with Crippen LogP contribution >= 0.6 is 11.8 Å². The Bertz CT molecular complexity index is 391. The van der Waals surface area contributed by atoms with Gasteiger partial charge in [-0.3, -0.25) is 0 Å². The largest absolute Gasteiger partial charge is 0.368 e. The molecule has 0 spiro atoms. The number of nitrogens with zero attached hydrogens (tertiary/aromatic N) is 3. The van der Waals surface area contributed by atoms with Crippen LogP contribution in [0.25, 0.3) is 0 Å². The number of nitrogens with two attached hydrogens (primary N) is 1. The average Bonchev–Trinajstić information content (AvgIpc) is 2.46. The fourth-order valence-corrected chi connectivity index (χ4v) is 2.68. The zero-order valence-electron chi connectivity index (χ0n) is 11.5. The van der Waals surface area contributed by atoms with Crippen LogP contribution in [0.2, 0.25) is 0 Å². The van der Waals surface area contributed by atoms with Crippen molar-refractivity contribution in [2.45, 2.75) is 30.5 Å². The highest BCUT2D eigenvalue weighted by molar-refractivity contribution is 7.98. The highest BCUT2D eigenvalue weighted by atomic mass is 32.2. The summed E-state index contributed by atoms with van der Waals surface area (Å²) in [7, 11) is 2.19. The van der Waals surface area contributed by atoms with Crippen LogP contribution < -0.4 is 16.6 Å². The Balaban J connectivity index is 1.98. The van der Waals surface area contributed by atoms with Crippen LogP contribution in [0.4, 0.5) is 11.6 Å². The van der Waals surface area contributed by atoms with Gasteiger partial charge in [-0.1, -0.05) is 18.2 Å². The van der Waals surface area contributed by atoms with E-state index >= 15 is 0 Å². The monoisotopic (exact) mass is 282 g/mol. The molecule has 0 radical (unpaired) electrons. The molecule has 1 atom stereocenters. The normalized spacial score (nSPS) is 20.3. The molecule has 4 N–H and O–H groups in total. The third kappa shape index (κ3) is 3.95.